The van der Waals surface area contributed by atoms with Crippen molar-refractivity contribution in [2.24, 2.45) is 5.73 Å². The van der Waals surface area contributed by atoms with E-state index in [0.717, 1.165) is 12.2 Å². The fourth-order valence-electron chi connectivity index (χ4n) is 1.81. The average Bonchev–Trinajstić information content (AvgIpc) is 2.95. The molecule has 1 aromatic carbocycles. The van der Waals surface area contributed by atoms with Crippen LogP contribution >= 0.6 is 0 Å². The van der Waals surface area contributed by atoms with E-state index in [0.29, 0.717) is 11.7 Å². The van der Waals surface area contributed by atoms with Crippen molar-refractivity contribution in [2.75, 3.05) is 0 Å². The summed E-state index contributed by atoms with van der Waals surface area (Å²) < 4.78 is 10.7. The molecule has 1 aliphatic heterocycles. The van der Waals surface area contributed by atoms with Crippen molar-refractivity contribution in [3.8, 4) is 5.75 Å². The highest BCUT2D eigenvalue weighted by molar-refractivity contribution is 5.37. The Morgan fingerprint density at radius 3 is 3.00 bits per heavy atom. The normalized spacial score (nSPS) is 18.2. The minimum absolute atomic E-state index is 0.151. The van der Waals surface area contributed by atoms with Gasteiger partial charge in [0.1, 0.15) is 5.75 Å². The van der Waals surface area contributed by atoms with Gasteiger partial charge in [0.25, 0.3) is 0 Å². The standard InChI is InChI=1S/C11H11N3O2/c12-6-10-13-11(14-16-10)9-5-7-3-1-2-4-8(7)15-9/h1-4,9H,5-6,12H2. The van der Waals surface area contributed by atoms with E-state index in [1.54, 1.807) is 0 Å². The lowest BCUT2D eigenvalue weighted by atomic mass is 10.1. The smallest absolute Gasteiger partial charge is 0.240 e. The van der Waals surface area contributed by atoms with Gasteiger partial charge in [0.2, 0.25) is 11.7 Å². The van der Waals surface area contributed by atoms with Crippen LogP contribution in [-0.2, 0) is 13.0 Å². The molecule has 3 rings (SSSR count). The Hall–Kier alpha value is -1.88. The van der Waals surface area contributed by atoms with Crippen molar-refractivity contribution >= 4 is 0 Å². The third-order valence-corrected chi connectivity index (χ3v) is 2.59. The van der Waals surface area contributed by atoms with Gasteiger partial charge in [0.15, 0.2) is 6.10 Å². The highest BCUT2D eigenvalue weighted by Gasteiger charge is 2.27. The van der Waals surface area contributed by atoms with Gasteiger partial charge < -0.3 is 15.0 Å². The van der Waals surface area contributed by atoms with Gasteiger partial charge in [0, 0.05) is 6.42 Å². The van der Waals surface area contributed by atoms with Gasteiger partial charge in [-0.2, -0.15) is 4.98 Å². The minimum Gasteiger partial charge on any atom is -0.482 e. The molecule has 0 radical (unpaired) electrons. The van der Waals surface area contributed by atoms with E-state index < -0.39 is 0 Å². The zero-order valence-corrected chi connectivity index (χ0v) is 8.59. The van der Waals surface area contributed by atoms with Crippen molar-refractivity contribution in [1.82, 2.24) is 10.1 Å². The summed E-state index contributed by atoms with van der Waals surface area (Å²) in [6.45, 7) is 0.257. The summed E-state index contributed by atoms with van der Waals surface area (Å²) in [6, 6.07) is 7.92. The van der Waals surface area contributed by atoms with Gasteiger partial charge in [-0.05, 0) is 11.6 Å². The van der Waals surface area contributed by atoms with Crippen molar-refractivity contribution in [3.05, 3.63) is 41.5 Å². The lowest BCUT2D eigenvalue weighted by molar-refractivity contribution is 0.221. The van der Waals surface area contributed by atoms with Crippen LogP contribution in [0.5, 0.6) is 5.75 Å². The Morgan fingerprint density at radius 1 is 1.38 bits per heavy atom. The number of para-hydroxylation sites is 1. The second kappa shape index (κ2) is 3.61. The van der Waals surface area contributed by atoms with Gasteiger partial charge in [0.05, 0.1) is 6.54 Å². The molecule has 16 heavy (non-hydrogen) atoms. The monoisotopic (exact) mass is 217 g/mol. The molecule has 2 heterocycles. The number of nitrogens with zero attached hydrogens (tertiary/aromatic N) is 2. The molecule has 0 bridgehead atoms. The number of aromatic nitrogens is 2. The molecule has 0 saturated carbocycles. The lowest BCUT2D eigenvalue weighted by Gasteiger charge is -2.04. The second-order valence-electron chi connectivity index (χ2n) is 3.67. The number of fused-ring (bicyclic) bond motifs is 1. The zero-order valence-electron chi connectivity index (χ0n) is 8.59. The molecule has 82 valence electrons. The van der Waals surface area contributed by atoms with Crippen LogP contribution in [0.3, 0.4) is 0 Å². The maximum absolute atomic E-state index is 5.72. The SMILES string of the molecule is NCc1nc(C2Cc3ccccc3O2)no1. The van der Waals surface area contributed by atoms with E-state index in [2.05, 4.69) is 10.1 Å². The molecule has 0 saturated heterocycles. The molecular weight excluding hydrogens is 206 g/mol. The molecule has 2 N–H and O–H groups in total. The van der Waals surface area contributed by atoms with E-state index in [1.807, 2.05) is 24.3 Å². The summed E-state index contributed by atoms with van der Waals surface area (Å²) in [7, 11) is 0. The molecule has 1 aliphatic rings. The van der Waals surface area contributed by atoms with Crippen molar-refractivity contribution in [1.29, 1.82) is 0 Å². The summed E-state index contributed by atoms with van der Waals surface area (Å²) in [5.74, 6) is 1.90. The Morgan fingerprint density at radius 2 is 2.25 bits per heavy atom. The van der Waals surface area contributed by atoms with E-state index in [-0.39, 0.29) is 12.6 Å². The summed E-state index contributed by atoms with van der Waals surface area (Å²) in [4.78, 5) is 4.17. The molecule has 5 heteroatoms. The largest absolute Gasteiger partial charge is 0.482 e. The van der Waals surface area contributed by atoms with E-state index in [9.17, 15) is 0 Å². The molecular formula is C11H11N3O2. The topological polar surface area (TPSA) is 74.2 Å². The highest BCUT2D eigenvalue weighted by atomic mass is 16.5. The Balaban J connectivity index is 1.85. The van der Waals surface area contributed by atoms with Crippen LogP contribution in [0, 0.1) is 0 Å². The van der Waals surface area contributed by atoms with Crippen molar-refractivity contribution in [2.45, 2.75) is 19.1 Å². The quantitative estimate of drug-likeness (QED) is 0.818. The second-order valence-corrected chi connectivity index (χ2v) is 3.67. The van der Waals surface area contributed by atoms with Gasteiger partial charge in [-0.1, -0.05) is 23.4 Å². The predicted molar refractivity (Wildman–Crippen MR) is 55.7 cm³/mol. The number of hydrogen-bond acceptors (Lipinski definition) is 5. The fraction of sp³-hybridized carbons (Fsp3) is 0.273. The average molecular weight is 217 g/mol. The lowest BCUT2D eigenvalue weighted by Crippen LogP contribution is -2.06. The van der Waals surface area contributed by atoms with Crippen LogP contribution < -0.4 is 10.5 Å². The van der Waals surface area contributed by atoms with Crippen LogP contribution in [0.2, 0.25) is 0 Å². The number of rotatable bonds is 2. The van der Waals surface area contributed by atoms with Gasteiger partial charge in [-0.3, -0.25) is 0 Å². The molecule has 0 aliphatic carbocycles. The molecule has 2 aromatic rings. The first-order valence-electron chi connectivity index (χ1n) is 5.14. The predicted octanol–water partition coefficient (Wildman–Crippen LogP) is 1.20. The molecule has 1 aromatic heterocycles. The zero-order chi connectivity index (χ0) is 11.0. The summed E-state index contributed by atoms with van der Waals surface area (Å²) in [6.07, 6.45) is 0.626. The number of benzene rings is 1. The maximum Gasteiger partial charge on any atom is 0.240 e. The van der Waals surface area contributed by atoms with Crippen molar-refractivity contribution < 1.29 is 9.26 Å². The van der Waals surface area contributed by atoms with Crippen LogP contribution in [-0.4, -0.2) is 10.1 Å². The Bertz CT molecular complexity index is 484. The molecule has 0 amide bonds. The van der Waals surface area contributed by atoms with Crippen LogP contribution in [0.25, 0.3) is 0 Å². The van der Waals surface area contributed by atoms with Gasteiger partial charge >= 0.3 is 0 Å². The molecule has 0 fully saturated rings. The van der Waals surface area contributed by atoms with E-state index >= 15 is 0 Å². The van der Waals surface area contributed by atoms with Gasteiger partial charge in [-0.25, -0.2) is 0 Å². The Kier molecular flexibility index (Phi) is 2.11. The third kappa shape index (κ3) is 1.45. The Labute approximate surface area is 92.2 Å². The number of ether oxygens (including phenoxy) is 1. The summed E-state index contributed by atoms with van der Waals surface area (Å²) in [5.41, 5.74) is 6.58. The molecule has 5 nitrogen and oxygen atoms in total. The first kappa shape index (κ1) is 9.35. The van der Waals surface area contributed by atoms with E-state index in [4.69, 9.17) is 15.0 Å². The van der Waals surface area contributed by atoms with Crippen LogP contribution in [0.15, 0.2) is 28.8 Å². The summed E-state index contributed by atoms with van der Waals surface area (Å²) in [5, 5.41) is 3.86. The first-order valence-corrected chi connectivity index (χ1v) is 5.14. The maximum atomic E-state index is 5.72. The molecule has 1 atom stereocenters. The van der Waals surface area contributed by atoms with E-state index in [1.165, 1.54) is 5.56 Å². The van der Waals surface area contributed by atoms with Crippen molar-refractivity contribution in [3.63, 3.8) is 0 Å². The number of nitrogens with two attached hydrogens (primary N) is 1. The van der Waals surface area contributed by atoms with Gasteiger partial charge in [-0.15, -0.1) is 0 Å². The highest BCUT2D eigenvalue weighted by Crippen LogP contribution is 2.34. The number of hydrogen-bond donors (Lipinski definition) is 1. The van der Waals surface area contributed by atoms with Crippen LogP contribution in [0.1, 0.15) is 23.4 Å². The summed E-state index contributed by atoms with van der Waals surface area (Å²) >= 11 is 0. The fourth-order valence-corrected chi connectivity index (χ4v) is 1.81. The molecule has 0 spiro atoms. The third-order valence-electron chi connectivity index (χ3n) is 2.59. The molecule has 1 unspecified atom stereocenters. The minimum atomic E-state index is -0.151. The first-order chi connectivity index (χ1) is 7.86. The van der Waals surface area contributed by atoms with Crippen LogP contribution in [0.4, 0.5) is 0 Å².